The van der Waals surface area contributed by atoms with Crippen LogP contribution in [0.25, 0.3) is 0 Å². The lowest BCUT2D eigenvalue weighted by Gasteiger charge is -2.03. The van der Waals surface area contributed by atoms with Crippen LogP contribution in [0.4, 0.5) is 5.82 Å². The number of aryl methyl sites for hydroxylation is 1. The van der Waals surface area contributed by atoms with Crippen molar-refractivity contribution in [2.24, 2.45) is 5.92 Å². The summed E-state index contributed by atoms with van der Waals surface area (Å²) in [5, 5.41) is 11.1. The third-order valence-electron chi connectivity index (χ3n) is 1.95. The van der Waals surface area contributed by atoms with Gasteiger partial charge in [-0.1, -0.05) is 13.8 Å². The van der Waals surface area contributed by atoms with Crippen molar-refractivity contribution < 1.29 is 0 Å². The van der Waals surface area contributed by atoms with Crippen LogP contribution in [0.3, 0.4) is 0 Å². The van der Waals surface area contributed by atoms with Crippen molar-refractivity contribution in [3.63, 3.8) is 0 Å². The molecule has 1 aromatic heterocycles. The Morgan fingerprint density at radius 1 is 1.31 bits per heavy atom. The molecule has 0 fully saturated rings. The molecule has 0 saturated carbocycles. The lowest BCUT2D eigenvalue weighted by Crippen LogP contribution is -1.99. The minimum absolute atomic E-state index is 0.728. The molecule has 1 N–H and O–H groups in total. The molecule has 72 valence electrons. The zero-order chi connectivity index (χ0) is 9.68. The molecule has 0 atom stereocenters. The molecule has 0 spiro atoms. The van der Waals surface area contributed by atoms with E-state index in [-0.39, 0.29) is 0 Å². The molecule has 0 saturated heterocycles. The second kappa shape index (κ2) is 4.80. The highest BCUT2D eigenvalue weighted by Crippen LogP contribution is 2.07. The molecular weight excluding hydrogens is 162 g/mol. The number of anilines is 1. The number of nitrogens with zero attached hydrogens (tertiary/aromatic N) is 2. The van der Waals surface area contributed by atoms with Crippen molar-refractivity contribution in [2.45, 2.75) is 26.7 Å². The van der Waals surface area contributed by atoms with Gasteiger partial charge in [-0.25, -0.2) is 0 Å². The van der Waals surface area contributed by atoms with Gasteiger partial charge in [0.2, 0.25) is 0 Å². The number of aromatic nitrogens is 2. The standard InChI is InChI=1S/C10H17N3/c1-8(2)4-5-9-6-7-10(11-3)13-12-9/h6-8H,4-5H2,1-3H3,(H,11,13). The summed E-state index contributed by atoms with van der Waals surface area (Å²) in [4.78, 5) is 0. The molecule has 3 nitrogen and oxygen atoms in total. The van der Waals surface area contributed by atoms with Crippen molar-refractivity contribution in [3.8, 4) is 0 Å². The minimum Gasteiger partial charge on any atom is -0.372 e. The molecule has 13 heavy (non-hydrogen) atoms. The highest BCUT2D eigenvalue weighted by Gasteiger charge is 1.98. The van der Waals surface area contributed by atoms with Crippen molar-refractivity contribution >= 4 is 5.82 Å². The topological polar surface area (TPSA) is 37.8 Å². The number of hydrogen-bond donors (Lipinski definition) is 1. The third kappa shape index (κ3) is 3.40. The molecule has 0 aromatic carbocycles. The second-order valence-corrected chi connectivity index (χ2v) is 3.59. The Hall–Kier alpha value is -1.12. The maximum absolute atomic E-state index is 4.11. The normalized spacial score (nSPS) is 10.5. The van der Waals surface area contributed by atoms with E-state index in [9.17, 15) is 0 Å². The lowest BCUT2D eigenvalue weighted by atomic mass is 10.1. The van der Waals surface area contributed by atoms with Crippen molar-refractivity contribution in [1.82, 2.24) is 10.2 Å². The van der Waals surface area contributed by atoms with Crippen LogP contribution < -0.4 is 5.32 Å². The number of hydrogen-bond acceptors (Lipinski definition) is 3. The minimum atomic E-state index is 0.728. The molecule has 0 unspecified atom stereocenters. The SMILES string of the molecule is CNc1ccc(CCC(C)C)nn1. The van der Waals surface area contributed by atoms with Crippen molar-refractivity contribution in [3.05, 3.63) is 17.8 Å². The Morgan fingerprint density at radius 2 is 2.08 bits per heavy atom. The second-order valence-electron chi connectivity index (χ2n) is 3.59. The van der Waals surface area contributed by atoms with Gasteiger partial charge in [-0.15, -0.1) is 5.10 Å². The van der Waals surface area contributed by atoms with Crippen LogP contribution in [-0.2, 0) is 6.42 Å². The lowest BCUT2D eigenvalue weighted by molar-refractivity contribution is 0.578. The fourth-order valence-corrected chi connectivity index (χ4v) is 1.06. The van der Waals surface area contributed by atoms with Crippen LogP contribution >= 0.6 is 0 Å². The van der Waals surface area contributed by atoms with Gasteiger partial charge in [0.1, 0.15) is 5.82 Å². The summed E-state index contributed by atoms with van der Waals surface area (Å²) < 4.78 is 0. The predicted octanol–water partition coefficient (Wildman–Crippen LogP) is 2.11. The maximum Gasteiger partial charge on any atom is 0.148 e. The van der Waals surface area contributed by atoms with E-state index in [0.717, 1.165) is 23.9 Å². The van der Waals surface area contributed by atoms with Gasteiger partial charge in [0.15, 0.2) is 0 Å². The highest BCUT2D eigenvalue weighted by molar-refractivity contribution is 5.31. The van der Waals surface area contributed by atoms with E-state index in [1.54, 1.807) is 0 Å². The fourth-order valence-electron chi connectivity index (χ4n) is 1.06. The molecule has 0 aliphatic heterocycles. The van der Waals surface area contributed by atoms with Crippen LogP contribution in [0, 0.1) is 5.92 Å². The first kappa shape index (κ1) is 9.96. The summed E-state index contributed by atoms with van der Waals surface area (Å²) in [5.41, 5.74) is 1.08. The van der Waals surface area contributed by atoms with Gasteiger partial charge in [0.25, 0.3) is 0 Å². The zero-order valence-corrected chi connectivity index (χ0v) is 8.54. The predicted molar refractivity (Wildman–Crippen MR) is 54.7 cm³/mol. The first-order valence-corrected chi connectivity index (χ1v) is 4.72. The first-order valence-electron chi connectivity index (χ1n) is 4.72. The van der Waals surface area contributed by atoms with Crippen LogP contribution in [-0.4, -0.2) is 17.2 Å². The summed E-state index contributed by atoms with van der Waals surface area (Å²) in [6.07, 6.45) is 2.20. The summed E-state index contributed by atoms with van der Waals surface area (Å²) in [6, 6.07) is 3.99. The Kier molecular flexibility index (Phi) is 3.68. The van der Waals surface area contributed by atoms with E-state index in [0.29, 0.717) is 0 Å². The van der Waals surface area contributed by atoms with Gasteiger partial charge in [0.05, 0.1) is 5.69 Å². The van der Waals surface area contributed by atoms with Gasteiger partial charge >= 0.3 is 0 Å². The smallest absolute Gasteiger partial charge is 0.148 e. The van der Waals surface area contributed by atoms with E-state index in [1.807, 2.05) is 19.2 Å². The number of nitrogens with one attached hydrogen (secondary N) is 1. The van der Waals surface area contributed by atoms with Crippen molar-refractivity contribution in [1.29, 1.82) is 0 Å². The molecule has 1 rings (SSSR count). The van der Waals surface area contributed by atoms with Crippen LogP contribution in [0.1, 0.15) is 26.0 Å². The summed E-state index contributed by atoms with van der Waals surface area (Å²) in [7, 11) is 1.85. The zero-order valence-electron chi connectivity index (χ0n) is 8.54. The van der Waals surface area contributed by atoms with E-state index >= 15 is 0 Å². The summed E-state index contributed by atoms with van der Waals surface area (Å²) in [6.45, 7) is 4.44. The molecule has 1 heterocycles. The maximum atomic E-state index is 4.11. The van der Waals surface area contributed by atoms with Crippen LogP contribution in [0.5, 0.6) is 0 Å². The molecule has 3 heteroatoms. The fraction of sp³-hybridized carbons (Fsp3) is 0.600. The van der Waals surface area contributed by atoms with E-state index in [1.165, 1.54) is 6.42 Å². The summed E-state index contributed by atoms with van der Waals surface area (Å²) in [5.74, 6) is 1.55. The van der Waals surface area contributed by atoms with Gasteiger partial charge in [-0.05, 0) is 30.9 Å². The molecule has 0 bridgehead atoms. The average molecular weight is 179 g/mol. The third-order valence-corrected chi connectivity index (χ3v) is 1.95. The van der Waals surface area contributed by atoms with Gasteiger partial charge < -0.3 is 5.32 Å². The van der Waals surface area contributed by atoms with Gasteiger partial charge in [-0.2, -0.15) is 5.10 Å². The molecule has 1 aromatic rings. The Bertz CT molecular complexity index is 241. The summed E-state index contributed by atoms with van der Waals surface area (Å²) >= 11 is 0. The van der Waals surface area contributed by atoms with E-state index in [4.69, 9.17) is 0 Å². The van der Waals surface area contributed by atoms with Gasteiger partial charge in [-0.3, -0.25) is 0 Å². The van der Waals surface area contributed by atoms with E-state index in [2.05, 4.69) is 29.4 Å². The molecule has 0 amide bonds. The van der Waals surface area contributed by atoms with Crippen molar-refractivity contribution in [2.75, 3.05) is 12.4 Å². The van der Waals surface area contributed by atoms with E-state index < -0.39 is 0 Å². The monoisotopic (exact) mass is 179 g/mol. The number of rotatable bonds is 4. The average Bonchev–Trinajstić information content (AvgIpc) is 2.15. The van der Waals surface area contributed by atoms with Crippen LogP contribution in [0.15, 0.2) is 12.1 Å². The molecule has 0 aliphatic carbocycles. The largest absolute Gasteiger partial charge is 0.372 e. The van der Waals surface area contributed by atoms with Gasteiger partial charge in [0, 0.05) is 7.05 Å². The molecular formula is C10H17N3. The first-order chi connectivity index (χ1) is 6.22. The molecule has 0 radical (unpaired) electrons. The Balaban J connectivity index is 2.49. The Morgan fingerprint density at radius 3 is 2.54 bits per heavy atom. The molecule has 0 aliphatic rings. The quantitative estimate of drug-likeness (QED) is 0.769. The van der Waals surface area contributed by atoms with Crippen LogP contribution in [0.2, 0.25) is 0 Å². The Labute approximate surface area is 79.6 Å². The highest BCUT2D eigenvalue weighted by atomic mass is 15.2.